The number of anilines is 1. The van der Waals surface area contributed by atoms with Gasteiger partial charge in [0.05, 0.1) is 0 Å². The summed E-state index contributed by atoms with van der Waals surface area (Å²) in [6.45, 7) is 6.62. The molecule has 1 aromatic carbocycles. The number of hydrogen-bond donors (Lipinski definition) is 1. The molecule has 2 unspecified atom stereocenters. The summed E-state index contributed by atoms with van der Waals surface area (Å²) in [4.78, 5) is 4.80. The van der Waals surface area contributed by atoms with Crippen LogP contribution in [-0.4, -0.2) is 9.55 Å². The molecule has 19 heavy (non-hydrogen) atoms. The Bertz CT molecular complexity index is 612. The van der Waals surface area contributed by atoms with E-state index >= 15 is 0 Å². The van der Waals surface area contributed by atoms with Gasteiger partial charge in [-0.2, -0.15) is 0 Å². The van der Waals surface area contributed by atoms with Crippen LogP contribution in [0.5, 0.6) is 0 Å². The lowest BCUT2D eigenvalue weighted by molar-refractivity contribution is 0.346. The lowest BCUT2D eigenvalue weighted by Gasteiger charge is -2.27. The normalized spacial score (nSPS) is 22.3. The second-order valence-electron chi connectivity index (χ2n) is 5.90. The maximum Gasteiger partial charge on any atom is 0.131 e. The van der Waals surface area contributed by atoms with E-state index in [4.69, 9.17) is 10.7 Å². The average molecular weight is 255 g/mol. The van der Waals surface area contributed by atoms with E-state index in [1.54, 1.807) is 0 Å². The van der Waals surface area contributed by atoms with Gasteiger partial charge in [0.2, 0.25) is 0 Å². The minimum absolute atomic E-state index is 0.449. The van der Waals surface area contributed by atoms with Crippen LogP contribution >= 0.6 is 0 Å². The van der Waals surface area contributed by atoms with E-state index in [0.717, 1.165) is 29.3 Å². The summed E-state index contributed by atoms with van der Waals surface area (Å²) in [5.41, 5.74) is 9.65. The molecule has 0 amide bonds. The quantitative estimate of drug-likeness (QED) is 0.846. The van der Waals surface area contributed by atoms with Gasteiger partial charge in [-0.25, -0.2) is 4.98 Å². The van der Waals surface area contributed by atoms with Crippen molar-refractivity contribution in [2.75, 3.05) is 5.73 Å². The summed E-state index contributed by atoms with van der Waals surface area (Å²) in [7, 11) is 0. The van der Waals surface area contributed by atoms with Gasteiger partial charge in [-0.3, -0.25) is 0 Å². The van der Waals surface area contributed by atoms with E-state index in [-0.39, 0.29) is 0 Å². The van der Waals surface area contributed by atoms with Gasteiger partial charge in [0.25, 0.3) is 0 Å². The number of imidazole rings is 1. The van der Waals surface area contributed by atoms with Crippen LogP contribution in [-0.2, 0) is 6.42 Å². The molecule has 1 aliphatic heterocycles. The molecule has 2 N–H and O–H groups in total. The standard InChI is InChI=1S/C16H21N3/c1-10-5-4-6-13(8-10)15-16(17)19-12(3)7-11(2)9-14(19)18-15/h4-6,8,11-12H,7,9,17H2,1-3H3. The van der Waals surface area contributed by atoms with E-state index in [0.29, 0.717) is 12.0 Å². The average Bonchev–Trinajstić information content (AvgIpc) is 2.66. The second kappa shape index (κ2) is 4.41. The van der Waals surface area contributed by atoms with Gasteiger partial charge < -0.3 is 10.3 Å². The fraction of sp³-hybridized carbons (Fsp3) is 0.438. The summed E-state index contributed by atoms with van der Waals surface area (Å²) >= 11 is 0. The SMILES string of the molecule is Cc1cccc(-c2nc3n(c2N)C(C)CC(C)C3)c1. The van der Waals surface area contributed by atoms with Crippen LogP contribution in [0.3, 0.4) is 0 Å². The van der Waals surface area contributed by atoms with Gasteiger partial charge in [0.1, 0.15) is 17.3 Å². The van der Waals surface area contributed by atoms with E-state index in [1.807, 2.05) is 0 Å². The van der Waals surface area contributed by atoms with Crippen molar-refractivity contribution in [1.29, 1.82) is 0 Å². The number of aryl methyl sites for hydroxylation is 1. The third-order valence-electron chi connectivity index (χ3n) is 4.03. The number of fused-ring (bicyclic) bond motifs is 1. The minimum atomic E-state index is 0.449. The van der Waals surface area contributed by atoms with E-state index < -0.39 is 0 Å². The van der Waals surface area contributed by atoms with Crippen molar-refractivity contribution in [3.63, 3.8) is 0 Å². The molecule has 0 radical (unpaired) electrons. The number of hydrogen-bond acceptors (Lipinski definition) is 2. The van der Waals surface area contributed by atoms with Crippen LogP contribution in [0.1, 0.15) is 37.7 Å². The zero-order chi connectivity index (χ0) is 13.6. The molecule has 2 heterocycles. The number of nitrogens with two attached hydrogens (primary N) is 1. The highest BCUT2D eigenvalue weighted by Gasteiger charge is 2.26. The Morgan fingerprint density at radius 3 is 2.84 bits per heavy atom. The molecule has 2 aromatic rings. The monoisotopic (exact) mass is 255 g/mol. The first kappa shape index (κ1) is 12.3. The molecule has 0 bridgehead atoms. The Kier molecular flexibility index (Phi) is 2.85. The molecule has 0 aliphatic carbocycles. The van der Waals surface area contributed by atoms with Gasteiger partial charge in [-0.05, 0) is 32.3 Å². The van der Waals surface area contributed by atoms with Crippen molar-refractivity contribution in [3.05, 3.63) is 35.7 Å². The number of rotatable bonds is 1. The minimum Gasteiger partial charge on any atom is -0.383 e. The Morgan fingerprint density at radius 1 is 1.32 bits per heavy atom. The Hall–Kier alpha value is -1.77. The van der Waals surface area contributed by atoms with Gasteiger partial charge in [0, 0.05) is 18.0 Å². The molecule has 0 spiro atoms. The van der Waals surface area contributed by atoms with Crippen LogP contribution < -0.4 is 5.73 Å². The smallest absolute Gasteiger partial charge is 0.131 e. The number of benzene rings is 1. The van der Waals surface area contributed by atoms with Crippen molar-refractivity contribution in [3.8, 4) is 11.3 Å². The molecule has 1 aliphatic rings. The summed E-state index contributed by atoms with van der Waals surface area (Å²) in [5, 5.41) is 0. The number of nitrogens with zero attached hydrogens (tertiary/aromatic N) is 2. The zero-order valence-electron chi connectivity index (χ0n) is 11.9. The lowest BCUT2D eigenvalue weighted by atomic mass is 9.95. The highest BCUT2D eigenvalue weighted by molar-refractivity contribution is 5.71. The maximum atomic E-state index is 6.34. The van der Waals surface area contributed by atoms with Gasteiger partial charge in [-0.15, -0.1) is 0 Å². The van der Waals surface area contributed by atoms with Crippen LogP contribution in [0, 0.1) is 12.8 Å². The molecule has 0 saturated heterocycles. The molecule has 0 fully saturated rings. The maximum absolute atomic E-state index is 6.34. The van der Waals surface area contributed by atoms with Crippen LogP contribution in [0.25, 0.3) is 11.3 Å². The first-order valence-corrected chi connectivity index (χ1v) is 7.00. The highest BCUT2D eigenvalue weighted by atomic mass is 15.2. The summed E-state index contributed by atoms with van der Waals surface area (Å²) in [6.07, 6.45) is 2.21. The van der Waals surface area contributed by atoms with Crippen molar-refractivity contribution >= 4 is 5.82 Å². The van der Waals surface area contributed by atoms with Gasteiger partial charge >= 0.3 is 0 Å². The molecular weight excluding hydrogens is 234 g/mol. The molecule has 0 saturated carbocycles. The first-order chi connectivity index (χ1) is 9.06. The summed E-state index contributed by atoms with van der Waals surface area (Å²) in [6, 6.07) is 8.85. The number of nitrogen functional groups attached to an aromatic ring is 1. The van der Waals surface area contributed by atoms with Crippen molar-refractivity contribution in [1.82, 2.24) is 9.55 Å². The zero-order valence-corrected chi connectivity index (χ0v) is 11.9. The third-order valence-corrected chi connectivity index (χ3v) is 4.03. The summed E-state index contributed by atoms with van der Waals surface area (Å²) in [5.74, 6) is 2.65. The number of aromatic nitrogens is 2. The van der Waals surface area contributed by atoms with E-state index in [9.17, 15) is 0 Å². The molecule has 3 heteroatoms. The Morgan fingerprint density at radius 2 is 2.11 bits per heavy atom. The van der Waals surface area contributed by atoms with Crippen molar-refractivity contribution in [2.24, 2.45) is 5.92 Å². The Balaban J connectivity index is 2.12. The third kappa shape index (κ3) is 2.03. The first-order valence-electron chi connectivity index (χ1n) is 7.00. The predicted molar refractivity (Wildman–Crippen MR) is 79.0 cm³/mol. The molecule has 100 valence electrons. The highest BCUT2D eigenvalue weighted by Crippen LogP contribution is 2.36. The van der Waals surface area contributed by atoms with Crippen LogP contribution in [0.4, 0.5) is 5.82 Å². The van der Waals surface area contributed by atoms with Crippen LogP contribution in [0.15, 0.2) is 24.3 Å². The molecular formula is C16H21N3. The topological polar surface area (TPSA) is 43.8 Å². The Labute approximate surface area is 114 Å². The molecule has 3 rings (SSSR count). The predicted octanol–water partition coefficient (Wildman–Crippen LogP) is 3.58. The summed E-state index contributed by atoms with van der Waals surface area (Å²) < 4.78 is 2.22. The molecule has 2 atom stereocenters. The second-order valence-corrected chi connectivity index (χ2v) is 5.90. The van der Waals surface area contributed by atoms with Gasteiger partial charge in [-0.1, -0.05) is 30.7 Å². The van der Waals surface area contributed by atoms with Crippen LogP contribution in [0.2, 0.25) is 0 Å². The van der Waals surface area contributed by atoms with Gasteiger partial charge in [0.15, 0.2) is 0 Å². The molecule has 3 nitrogen and oxygen atoms in total. The van der Waals surface area contributed by atoms with E-state index in [1.165, 1.54) is 12.0 Å². The molecule has 1 aromatic heterocycles. The lowest BCUT2D eigenvalue weighted by Crippen LogP contribution is -2.22. The van der Waals surface area contributed by atoms with Crippen molar-refractivity contribution in [2.45, 2.75) is 39.7 Å². The fourth-order valence-corrected chi connectivity index (χ4v) is 3.22. The largest absolute Gasteiger partial charge is 0.383 e. The van der Waals surface area contributed by atoms with Crippen molar-refractivity contribution < 1.29 is 0 Å². The fourth-order valence-electron chi connectivity index (χ4n) is 3.22. The van der Waals surface area contributed by atoms with E-state index in [2.05, 4.69) is 49.6 Å².